The molecular formula is C12H8N4O3. The molecule has 3 rings (SSSR count). The fraction of sp³-hybridized carbons (Fsp3) is 0. The Labute approximate surface area is 106 Å². The summed E-state index contributed by atoms with van der Waals surface area (Å²) in [4.78, 5) is 34.9. The number of nitrogens with zero attached hydrogens (tertiary/aromatic N) is 2. The molecule has 0 saturated heterocycles. The number of aromatic nitrogens is 3. The average molecular weight is 256 g/mol. The van der Waals surface area contributed by atoms with Crippen LogP contribution in [0.1, 0.15) is 11.1 Å². The lowest BCUT2D eigenvalue weighted by atomic mass is 10.1. The van der Waals surface area contributed by atoms with Crippen molar-refractivity contribution >= 4 is 23.7 Å². The highest BCUT2D eigenvalue weighted by molar-refractivity contribution is 6.21. The van der Waals surface area contributed by atoms with Gasteiger partial charge >= 0.3 is 5.69 Å². The van der Waals surface area contributed by atoms with E-state index < -0.39 is 17.1 Å². The number of hydrogen-bond donors (Lipinski definition) is 3. The standard InChI is InChI=1S/C12H8N4O3/c17-10-8(11(18)16-12(19)15-10)4-6-5-14-9-7(6)2-1-3-13-9/h1-5H,(H3,15,16,17,18,19)/b6-4-. The molecule has 0 amide bonds. The number of hydrogen-bond acceptors (Lipinski definition) is 5. The zero-order valence-corrected chi connectivity index (χ0v) is 9.54. The number of nitrogens with one attached hydrogen (secondary N) is 2. The summed E-state index contributed by atoms with van der Waals surface area (Å²) in [5.41, 5.74) is -0.0625. The number of allylic oxidation sites excluding steroid dienone is 1. The van der Waals surface area contributed by atoms with Crippen molar-refractivity contribution < 1.29 is 5.11 Å². The maximum Gasteiger partial charge on any atom is 0.328 e. The molecule has 3 N–H and O–H groups in total. The van der Waals surface area contributed by atoms with Crippen molar-refractivity contribution in [2.24, 2.45) is 4.99 Å². The lowest BCUT2D eigenvalue weighted by molar-refractivity contribution is 0.447. The molecular weight excluding hydrogens is 248 g/mol. The largest absolute Gasteiger partial charge is 0.494 e. The van der Waals surface area contributed by atoms with Crippen molar-refractivity contribution in [2.75, 3.05) is 0 Å². The zero-order chi connectivity index (χ0) is 13.4. The minimum Gasteiger partial charge on any atom is -0.494 e. The Balaban J connectivity index is 2.18. The maximum absolute atomic E-state index is 11.6. The van der Waals surface area contributed by atoms with E-state index >= 15 is 0 Å². The Morgan fingerprint density at radius 3 is 2.89 bits per heavy atom. The van der Waals surface area contributed by atoms with Gasteiger partial charge in [-0.3, -0.25) is 14.8 Å². The molecule has 2 aromatic rings. The van der Waals surface area contributed by atoms with E-state index in [2.05, 4.69) is 15.0 Å². The molecule has 0 spiro atoms. The Bertz CT molecular complexity index is 829. The van der Waals surface area contributed by atoms with Gasteiger partial charge in [0.15, 0.2) is 5.82 Å². The summed E-state index contributed by atoms with van der Waals surface area (Å²) in [6.45, 7) is 0. The maximum atomic E-state index is 11.6. The lowest BCUT2D eigenvalue weighted by Crippen LogP contribution is -2.23. The first-order valence-electron chi connectivity index (χ1n) is 5.42. The van der Waals surface area contributed by atoms with Crippen molar-refractivity contribution in [2.45, 2.75) is 0 Å². The number of aromatic hydroxyl groups is 1. The van der Waals surface area contributed by atoms with Gasteiger partial charge in [-0.05, 0) is 18.2 Å². The van der Waals surface area contributed by atoms with Gasteiger partial charge in [0.25, 0.3) is 5.56 Å². The van der Waals surface area contributed by atoms with Crippen LogP contribution in [-0.4, -0.2) is 26.3 Å². The Morgan fingerprint density at radius 1 is 1.26 bits per heavy atom. The van der Waals surface area contributed by atoms with E-state index in [9.17, 15) is 14.7 Å². The van der Waals surface area contributed by atoms with Crippen LogP contribution in [0.5, 0.6) is 5.88 Å². The van der Waals surface area contributed by atoms with E-state index in [0.29, 0.717) is 11.4 Å². The second-order valence-corrected chi connectivity index (χ2v) is 3.90. The van der Waals surface area contributed by atoms with Crippen LogP contribution < -0.4 is 11.2 Å². The normalized spacial score (nSPS) is 14.8. The van der Waals surface area contributed by atoms with Gasteiger partial charge in [-0.25, -0.2) is 14.8 Å². The highest BCUT2D eigenvalue weighted by Crippen LogP contribution is 2.30. The van der Waals surface area contributed by atoms with Crippen molar-refractivity contribution in [3.8, 4) is 5.88 Å². The zero-order valence-electron chi connectivity index (χ0n) is 9.54. The SMILES string of the molecule is O=c1[nH]c(O)c(/C=C2/C=Nc3ncccc32)c(=O)[nH]1. The predicted octanol–water partition coefficient (Wildman–Crippen LogP) is 0.420. The van der Waals surface area contributed by atoms with Gasteiger partial charge in [-0.2, -0.15) is 0 Å². The van der Waals surface area contributed by atoms with Crippen LogP contribution in [0.4, 0.5) is 5.82 Å². The van der Waals surface area contributed by atoms with Gasteiger partial charge in [0.1, 0.15) is 5.56 Å². The molecule has 0 bridgehead atoms. The summed E-state index contributed by atoms with van der Waals surface area (Å²) in [5.74, 6) is 0.0704. The third-order valence-corrected chi connectivity index (χ3v) is 2.68. The Kier molecular flexibility index (Phi) is 2.38. The number of fused-ring (bicyclic) bond motifs is 1. The van der Waals surface area contributed by atoms with Crippen molar-refractivity contribution in [1.82, 2.24) is 15.0 Å². The van der Waals surface area contributed by atoms with E-state index in [1.165, 1.54) is 6.08 Å². The molecule has 2 aromatic heterocycles. The molecule has 0 fully saturated rings. The first kappa shape index (κ1) is 11.1. The summed E-state index contributed by atoms with van der Waals surface area (Å²) in [6, 6.07) is 3.55. The van der Waals surface area contributed by atoms with Crippen LogP contribution in [0.2, 0.25) is 0 Å². The third-order valence-electron chi connectivity index (χ3n) is 2.68. The van der Waals surface area contributed by atoms with Crippen LogP contribution >= 0.6 is 0 Å². The summed E-state index contributed by atoms with van der Waals surface area (Å²) in [6.07, 6.45) is 4.60. The number of aliphatic imine (C=N–C) groups is 1. The topological polar surface area (TPSA) is 111 Å². The van der Waals surface area contributed by atoms with Crippen LogP contribution in [0, 0.1) is 0 Å². The highest BCUT2D eigenvalue weighted by atomic mass is 16.3. The number of H-pyrrole nitrogens is 2. The summed E-state index contributed by atoms with van der Waals surface area (Å²) in [7, 11) is 0. The van der Waals surface area contributed by atoms with Gasteiger partial charge in [0, 0.05) is 23.5 Å². The van der Waals surface area contributed by atoms with Gasteiger partial charge in [-0.15, -0.1) is 0 Å². The van der Waals surface area contributed by atoms with E-state index in [0.717, 1.165) is 5.56 Å². The molecule has 94 valence electrons. The number of aromatic amines is 2. The molecule has 0 aliphatic carbocycles. The van der Waals surface area contributed by atoms with Crippen molar-refractivity contribution in [3.63, 3.8) is 0 Å². The van der Waals surface area contributed by atoms with E-state index in [4.69, 9.17) is 0 Å². The number of pyridine rings is 1. The van der Waals surface area contributed by atoms with Gasteiger partial charge in [0.2, 0.25) is 5.88 Å². The van der Waals surface area contributed by atoms with Crippen LogP contribution in [0.15, 0.2) is 32.9 Å². The van der Waals surface area contributed by atoms with Crippen LogP contribution in [0.3, 0.4) is 0 Å². The van der Waals surface area contributed by atoms with Crippen LogP contribution in [0.25, 0.3) is 11.6 Å². The average Bonchev–Trinajstić information content (AvgIpc) is 2.77. The van der Waals surface area contributed by atoms with E-state index in [-0.39, 0.29) is 5.56 Å². The van der Waals surface area contributed by atoms with E-state index in [1.54, 1.807) is 24.5 Å². The van der Waals surface area contributed by atoms with Crippen LogP contribution in [-0.2, 0) is 0 Å². The van der Waals surface area contributed by atoms with Gasteiger partial charge in [-0.1, -0.05) is 0 Å². The van der Waals surface area contributed by atoms with E-state index in [1.807, 2.05) is 4.98 Å². The Morgan fingerprint density at radius 2 is 2.11 bits per heavy atom. The fourth-order valence-corrected chi connectivity index (χ4v) is 1.81. The Hall–Kier alpha value is -2.96. The quantitative estimate of drug-likeness (QED) is 0.686. The molecule has 1 aliphatic rings. The second-order valence-electron chi connectivity index (χ2n) is 3.90. The summed E-state index contributed by atoms with van der Waals surface area (Å²) >= 11 is 0. The number of rotatable bonds is 1. The van der Waals surface area contributed by atoms with Crippen molar-refractivity contribution in [1.29, 1.82) is 0 Å². The molecule has 0 atom stereocenters. The lowest BCUT2D eigenvalue weighted by Gasteiger charge is -2.00. The molecule has 3 heterocycles. The van der Waals surface area contributed by atoms with Gasteiger partial charge < -0.3 is 5.11 Å². The second kappa shape index (κ2) is 4.05. The first-order chi connectivity index (χ1) is 9.15. The molecule has 7 nitrogen and oxygen atoms in total. The fourth-order valence-electron chi connectivity index (χ4n) is 1.81. The van der Waals surface area contributed by atoms with Gasteiger partial charge in [0.05, 0.1) is 0 Å². The minimum absolute atomic E-state index is 0.0299. The van der Waals surface area contributed by atoms with Crippen molar-refractivity contribution in [3.05, 3.63) is 50.3 Å². The molecule has 0 unspecified atom stereocenters. The third kappa shape index (κ3) is 1.86. The molecule has 0 saturated carbocycles. The summed E-state index contributed by atoms with van der Waals surface area (Å²) < 4.78 is 0. The monoisotopic (exact) mass is 256 g/mol. The predicted molar refractivity (Wildman–Crippen MR) is 69.6 cm³/mol. The minimum atomic E-state index is -0.758. The smallest absolute Gasteiger partial charge is 0.328 e. The molecule has 19 heavy (non-hydrogen) atoms. The molecule has 7 heteroatoms. The molecule has 1 aliphatic heterocycles. The first-order valence-corrected chi connectivity index (χ1v) is 5.42. The molecule has 0 radical (unpaired) electrons. The highest BCUT2D eigenvalue weighted by Gasteiger charge is 2.14. The summed E-state index contributed by atoms with van der Waals surface area (Å²) in [5, 5.41) is 9.60. The molecule has 0 aromatic carbocycles.